The number of rotatable bonds is 9. The molecule has 144 valence electrons. The number of carbonyl (C=O) groups is 3. The number of primary amides is 1. The predicted octanol–water partition coefficient (Wildman–Crippen LogP) is 0.993. The van der Waals surface area contributed by atoms with Crippen LogP contribution in [0.4, 0.5) is 4.79 Å². The van der Waals surface area contributed by atoms with E-state index in [0.717, 1.165) is 12.8 Å². The Kier molecular flexibility index (Phi) is 7.01. The Bertz CT molecular complexity index is 671. The van der Waals surface area contributed by atoms with Crippen LogP contribution in [0.2, 0.25) is 0 Å². The van der Waals surface area contributed by atoms with Crippen molar-refractivity contribution in [3.8, 4) is 0 Å². The fourth-order valence-electron chi connectivity index (χ4n) is 2.26. The molecule has 1 aliphatic rings. The van der Waals surface area contributed by atoms with Crippen molar-refractivity contribution in [2.24, 2.45) is 11.7 Å². The van der Waals surface area contributed by atoms with Crippen LogP contribution >= 0.6 is 11.8 Å². The number of aryl methyl sites for hydroxylation is 1. The van der Waals surface area contributed by atoms with Gasteiger partial charge in [-0.15, -0.1) is 10.2 Å². The van der Waals surface area contributed by atoms with Gasteiger partial charge in [-0.1, -0.05) is 25.6 Å². The summed E-state index contributed by atoms with van der Waals surface area (Å²) in [6.45, 7) is 6.16. The molecule has 0 bridgehead atoms. The zero-order valence-corrected chi connectivity index (χ0v) is 16.1. The molecule has 1 heterocycles. The van der Waals surface area contributed by atoms with Crippen molar-refractivity contribution in [3.63, 3.8) is 0 Å². The highest BCUT2D eigenvalue weighted by atomic mass is 32.2. The normalized spacial score (nSPS) is 14.9. The van der Waals surface area contributed by atoms with Gasteiger partial charge in [0.05, 0.1) is 5.25 Å². The van der Waals surface area contributed by atoms with Crippen molar-refractivity contribution >= 4 is 29.6 Å². The second-order valence-corrected chi connectivity index (χ2v) is 8.13. The van der Waals surface area contributed by atoms with Crippen LogP contribution in [0.5, 0.6) is 0 Å². The summed E-state index contributed by atoms with van der Waals surface area (Å²) in [7, 11) is 0. The van der Waals surface area contributed by atoms with Gasteiger partial charge >= 0.3 is 6.03 Å². The molecule has 26 heavy (non-hydrogen) atoms. The molecule has 0 aromatic carbocycles. The van der Waals surface area contributed by atoms with E-state index in [2.05, 4.69) is 20.8 Å². The summed E-state index contributed by atoms with van der Waals surface area (Å²) in [5, 5.41) is 13.4. The SMILES string of the molecule is CC(C)CNC(=O)NC(=O)[C@@H](C)Sc1nnc(CCC(N)=O)n1C1CC1. The molecule has 0 radical (unpaired) electrons. The Labute approximate surface area is 156 Å². The molecule has 9 nitrogen and oxygen atoms in total. The topological polar surface area (TPSA) is 132 Å². The van der Waals surface area contributed by atoms with Crippen LogP contribution < -0.4 is 16.4 Å². The second-order valence-electron chi connectivity index (χ2n) is 6.82. The number of amides is 4. The van der Waals surface area contributed by atoms with Gasteiger partial charge in [0.25, 0.3) is 0 Å². The minimum absolute atomic E-state index is 0.210. The van der Waals surface area contributed by atoms with Gasteiger partial charge in [-0.05, 0) is 25.7 Å². The summed E-state index contributed by atoms with van der Waals surface area (Å²) in [6.07, 6.45) is 2.68. The zero-order chi connectivity index (χ0) is 19.3. The van der Waals surface area contributed by atoms with E-state index in [0.29, 0.717) is 35.9 Å². The zero-order valence-electron chi connectivity index (χ0n) is 15.3. The molecular weight excluding hydrogens is 356 g/mol. The average molecular weight is 382 g/mol. The van der Waals surface area contributed by atoms with Crippen molar-refractivity contribution < 1.29 is 14.4 Å². The summed E-state index contributed by atoms with van der Waals surface area (Å²) in [5.41, 5.74) is 5.21. The number of nitrogens with one attached hydrogen (secondary N) is 2. The van der Waals surface area contributed by atoms with Crippen LogP contribution in [-0.2, 0) is 16.0 Å². The Morgan fingerprint density at radius 3 is 2.54 bits per heavy atom. The van der Waals surface area contributed by atoms with Crippen LogP contribution in [0.15, 0.2) is 5.16 Å². The third-order valence-corrected chi connectivity index (χ3v) is 4.86. The van der Waals surface area contributed by atoms with Gasteiger partial charge in [0.1, 0.15) is 5.82 Å². The molecule has 1 aromatic heterocycles. The molecular formula is C16H26N6O3S. The van der Waals surface area contributed by atoms with E-state index in [9.17, 15) is 14.4 Å². The summed E-state index contributed by atoms with van der Waals surface area (Å²) in [5.74, 6) is 0.236. The largest absolute Gasteiger partial charge is 0.370 e. The molecule has 1 aromatic rings. The third kappa shape index (κ3) is 6.01. The number of hydrogen-bond donors (Lipinski definition) is 3. The lowest BCUT2D eigenvalue weighted by atomic mass is 10.2. The Morgan fingerprint density at radius 1 is 1.27 bits per heavy atom. The van der Waals surface area contributed by atoms with E-state index < -0.39 is 11.3 Å². The van der Waals surface area contributed by atoms with E-state index in [-0.39, 0.29) is 18.2 Å². The molecule has 0 spiro atoms. The first kappa shape index (κ1) is 20.2. The molecule has 2 rings (SSSR count). The van der Waals surface area contributed by atoms with Gasteiger partial charge in [0, 0.05) is 25.4 Å². The highest BCUT2D eigenvalue weighted by Gasteiger charge is 2.31. The van der Waals surface area contributed by atoms with Crippen LogP contribution in [0.25, 0.3) is 0 Å². The van der Waals surface area contributed by atoms with Gasteiger partial charge in [-0.3, -0.25) is 14.9 Å². The first-order valence-electron chi connectivity index (χ1n) is 8.75. The molecule has 0 aliphatic heterocycles. The van der Waals surface area contributed by atoms with Gasteiger partial charge in [0.15, 0.2) is 5.16 Å². The maximum absolute atomic E-state index is 12.2. The monoisotopic (exact) mass is 382 g/mol. The fraction of sp³-hybridized carbons (Fsp3) is 0.688. The number of nitrogens with zero attached hydrogens (tertiary/aromatic N) is 3. The molecule has 4 N–H and O–H groups in total. The predicted molar refractivity (Wildman–Crippen MR) is 97.5 cm³/mol. The van der Waals surface area contributed by atoms with Crippen molar-refractivity contribution in [1.82, 2.24) is 25.4 Å². The lowest BCUT2D eigenvalue weighted by molar-refractivity contribution is -0.119. The molecule has 1 fully saturated rings. The second kappa shape index (κ2) is 9.02. The maximum Gasteiger partial charge on any atom is 0.321 e. The van der Waals surface area contributed by atoms with Crippen molar-refractivity contribution in [1.29, 1.82) is 0 Å². The highest BCUT2D eigenvalue weighted by molar-refractivity contribution is 8.00. The number of urea groups is 1. The Morgan fingerprint density at radius 2 is 1.96 bits per heavy atom. The Balaban J connectivity index is 1.95. The van der Waals surface area contributed by atoms with Crippen molar-refractivity contribution in [3.05, 3.63) is 5.82 Å². The van der Waals surface area contributed by atoms with Crippen molar-refractivity contribution in [2.75, 3.05) is 6.54 Å². The van der Waals surface area contributed by atoms with Crippen LogP contribution in [0.1, 0.15) is 51.9 Å². The number of imide groups is 1. The van der Waals surface area contributed by atoms with E-state index in [1.807, 2.05) is 18.4 Å². The van der Waals surface area contributed by atoms with Crippen molar-refractivity contribution in [2.45, 2.75) is 62.9 Å². The Hall–Kier alpha value is -2.10. The van der Waals surface area contributed by atoms with Gasteiger partial charge in [-0.25, -0.2) is 4.79 Å². The number of thioether (sulfide) groups is 1. The summed E-state index contributed by atoms with van der Waals surface area (Å²) >= 11 is 1.25. The minimum atomic E-state index is -0.509. The van der Waals surface area contributed by atoms with Crippen LogP contribution in [-0.4, -0.2) is 44.4 Å². The molecule has 10 heteroatoms. The first-order valence-corrected chi connectivity index (χ1v) is 9.63. The fourth-order valence-corrected chi connectivity index (χ4v) is 3.20. The third-order valence-electron chi connectivity index (χ3n) is 3.80. The molecule has 1 aliphatic carbocycles. The van der Waals surface area contributed by atoms with E-state index >= 15 is 0 Å². The quantitative estimate of drug-likeness (QED) is 0.546. The van der Waals surface area contributed by atoms with Gasteiger partial charge in [0.2, 0.25) is 11.8 Å². The van der Waals surface area contributed by atoms with E-state index in [1.165, 1.54) is 11.8 Å². The summed E-state index contributed by atoms with van der Waals surface area (Å²) in [4.78, 5) is 34.9. The molecule has 0 saturated heterocycles. The number of carbonyl (C=O) groups excluding carboxylic acids is 3. The van der Waals surface area contributed by atoms with E-state index in [1.54, 1.807) is 6.92 Å². The van der Waals surface area contributed by atoms with Crippen LogP contribution in [0, 0.1) is 5.92 Å². The first-order chi connectivity index (χ1) is 12.3. The summed E-state index contributed by atoms with van der Waals surface area (Å²) < 4.78 is 1.98. The number of nitrogens with two attached hydrogens (primary N) is 1. The van der Waals surface area contributed by atoms with Gasteiger partial charge in [-0.2, -0.15) is 0 Å². The maximum atomic E-state index is 12.2. The minimum Gasteiger partial charge on any atom is -0.370 e. The average Bonchev–Trinajstić information content (AvgIpc) is 3.32. The van der Waals surface area contributed by atoms with Gasteiger partial charge < -0.3 is 15.6 Å². The van der Waals surface area contributed by atoms with E-state index in [4.69, 9.17) is 5.73 Å². The summed E-state index contributed by atoms with van der Waals surface area (Å²) in [6, 6.07) is -0.193. The number of hydrogen-bond acceptors (Lipinski definition) is 6. The standard InChI is InChI=1S/C16H26N6O3S/c1-9(2)8-18-15(25)19-14(24)10(3)26-16-21-20-13(7-6-12(17)23)22(16)11-4-5-11/h9-11H,4-8H2,1-3H3,(H2,17,23)(H2,18,19,24,25)/t10-/m1/s1. The number of aromatic nitrogens is 3. The highest BCUT2D eigenvalue weighted by Crippen LogP contribution is 2.39. The lowest BCUT2D eigenvalue weighted by Crippen LogP contribution is -2.43. The molecule has 1 atom stereocenters. The smallest absolute Gasteiger partial charge is 0.321 e. The molecule has 0 unspecified atom stereocenters. The molecule has 1 saturated carbocycles. The lowest BCUT2D eigenvalue weighted by Gasteiger charge is -2.13. The van der Waals surface area contributed by atoms with Crippen LogP contribution in [0.3, 0.4) is 0 Å². The molecule has 4 amide bonds.